The molecule has 0 amide bonds. The monoisotopic (exact) mass is 434 g/mol. The largest absolute Gasteiger partial charge is 0.497 e. The standard InChI is InChI=1S/C25H23ClN2OS/c1-29-20-9-7-18(8-10-20)22-13-19(14-26)27-25-24(22)21-11-12-28(16-23(21)30-25)15-17-5-3-2-4-6-17/h2-10,13H,11-12,14-16H2,1H3. The zero-order chi connectivity index (χ0) is 20.5. The summed E-state index contributed by atoms with van der Waals surface area (Å²) >= 11 is 8.01. The van der Waals surface area contributed by atoms with E-state index in [0.717, 1.165) is 42.3 Å². The molecular weight excluding hydrogens is 412 g/mol. The normalized spacial score (nSPS) is 14.1. The van der Waals surface area contributed by atoms with Crippen molar-refractivity contribution < 1.29 is 4.74 Å². The van der Waals surface area contributed by atoms with E-state index >= 15 is 0 Å². The Bertz CT molecular complexity index is 1170. The zero-order valence-corrected chi connectivity index (χ0v) is 18.5. The molecule has 30 heavy (non-hydrogen) atoms. The quantitative estimate of drug-likeness (QED) is 0.346. The van der Waals surface area contributed by atoms with E-state index in [-0.39, 0.29) is 0 Å². The Labute approximate surface area is 185 Å². The van der Waals surface area contributed by atoms with E-state index in [0.29, 0.717) is 5.88 Å². The number of hydrogen-bond donors (Lipinski definition) is 0. The van der Waals surface area contributed by atoms with Gasteiger partial charge in [0.05, 0.1) is 18.7 Å². The van der Waals surface area contributed by atoms with Crippen LogP contribution in [0, 0.1) is 0 Å². The van der Waals surface area contributed by atoms with Crippen molar-refractivity contribution >= 4 is 33.2 Å². The fourth-order valence-electron chi connectivity index (χ4n) is 4.24. The number of ether oxygens (including phenoxy) is 1. The molecule has 5 heteroatoms. The molecule has 2 aromatic heterocycles. The molecule has 4 aromatic rings. The van der Waals surface area contributed by atoms with Gasteiger partial charge < -0.3 is 4.74 Å². The molecule has 1 aliphatic rings. The SMILES string of the molecule is COc1ccc(-c2cc(CCl)nc3sc4c(c23)CCN(Cc2ccccc2)C4)cc1. The van der Waals surface area contributed by atoms with Gasteiger partial charge in [0.1, 0.15) is 10.6 Å². The van der Waals surface area contributed by atoms with Crippen LogP contribution in [0.2, 0.25) is 0 Å². The predicted octanol–water partition coefficient (Wildman–Crippen LogP) is 6.27. The summed E-state index contributed by atoms with van der Waals surface area (Å²) in [5.41, 5.74) is 6.16. The molecule has 0 saturated heterocycles. The van der Waals surface area contributed by atoms with E-state index < -0.39 is 0 Å². The molecule has 3 heterocycles. The minimum Gasteiger partial charge on any atom is -0.497 e. The van der Waals surface area contributed by atoms with Gasteiger partial charge >= 0.3 is 0 Å². The molecule has 0 saturated carbocycles. The van der Waals surface area contributed by atoms with Gasteiger partial charge in [0.25, 0.3) is 0 Å². The molecule has 0 spiro atoms. The number of aromatic nitrogens is 1. The molecule has 2 aromatic carbocycles. The van der Waals surface area contributed by atoms with Crippen LogP contribution in [-0.2, 0) is 25.4 Å². The van der Waals surface area contributed by atoms with Crippen LogP contribution < -0.4 is 4.74 Å². The van der Waals surface area contributed by atoms with E-state index in [2.05, 4.69) is 53.4 Å². The first-order valence-corrected chi connectivity index (χ1v) is 11.5. The predicted molar refractivity (Wildman–Crippen MR) is 125 cm³/mol. The average molecular weight is 435 g/mol. The summed E-state index contributed by atoms with van der Waals surface area (Å²) in [4.78, 5) is 9.94. The Kier molecular flexibility index (Phi) is 5.47. The van der Waals surface area contributed by atoms with Gasteiger partial charge in [-0.3, -0.25) is 4.90 Å². The summed E-state index contributed by atoms with van der Waals surface area (Å²) < 4.78 is 5.34. The molecule has 0 bridgehead atoms. The van der Waals surface area contributed by atoms with Gasteiger partial charge in [0.2, 0.25) is 0 Å². The van der Waals surface area contributed by atoms with E-state index in [9.17, 15) is 0 Å². The van der Waals surface area contributed by atoms with Crippen LogP contribution in [-0.4, -0.2) is 23.5 Å². The maximum atomic E-state index is 6.19. The maximum absolute atomic E-state index is 6.19. The highest BCUT2D eigenvalue weighted by Gasteiger charge is 2.24. The van der Waals surface area contributed by atoms with Crippen LogP contribution in [0.25, 0.3) is 21.3 Å². The Hall–Kier alpha value is -2.40. The first-order chi connectivity index (χ1) is 14.7. The number of pyridine rings is 1. The van der Waals surface area contributed by atoms with Gasteiger partial charge in [-0.05, 0) is 46.9 Å². The summed E-state index contributed by atoms with van der Waals surface area (Å²) in [6, 6.07) is 21.1. The second kappa shape index (κ2) is 8.38. The zero-order valence-electron chi connectivity index (χ0n) is 16.9. The Morgan fingerprint density at radius 3 is 2.63 bits per heavy atom. The summed E-state index contributed by atoms with van der Waals surface area (Å²) in [5, 5.41) is 1.30. The average Bonchev–Trinajstić information content (AvgIpc) is 3.16. The van der Waals surface area contributed by atoms with Crippen LogP contribution in [0.3, 0.4) is 0 Å². The van der Waals surface area contributed by atoms with Crippen molar-refractivity contribution in [3.8, 4) is 16.9 Å². The Morgan fingerprint density at radius 2 is 1.90 bits per heavy atom. The van der Waals surface area contributed by atoms with E-state index in [1.54, 1.807) is 7.11 Å². The fraction of sp³-hybridized carbons (Fsp3) is 0.240. The molecule has 0 radical (unpaired) electrons. The molecule has 152 valence electrons. The third-order valence-electron chi connectivity index (χ3n) is 5.73. The second-order valence-corrected chi connectivity index (χ2v) is 9.00. The van der Waals surface area contributed by atoms with Crippen molar-refractivity contribution in [1.82, 2.24) is 9.88 Å². The number of hydrogen-bond acceptors (Lipinski definition) is 4. The smallest absolute Gasteiger partial charge is 0.124 e. The number of fused-ring (bicyclic) bond motifs is 3. The van der Waals surface area contributed by atoms with Gasteiger partial charge in [0, 0.05) is 29.9 Å². The summed E-state index contributed by atoms with van der Waals surface area (Å²) in [5.74, 6) is 1.28. The second-order valence-electron chi connectivity index (χ2n) is 7.65. The number of alkyl halides is 1. The summed E-state index contributed by atoms with van der Waals surface area (Å²) in [6.45, 7) is 3.02. The van der Waals surface area contributed by atoms with Gasteiger partial charge in [-0.25, -0.2) is 4.98 Å². The lowest BCUT2D eigenvalue weighted by Crippen LogP contribution is -2.29. The summed E-state index contributed by atoms with van der Waals surface area (Å²) in [6.07, 6.45) is 1.05. The van der Waals surface area contributed by atoms with Crippen molar-refractivity contribution in [3.63, 3.8) is 0 Å². The maximum Gasteiger partial charge on any atom is 0.124 e. The number of thiophene rings is 1. The number of nitrogens with zero attached hydrogens (tertiary/aromatic N) is 2. The highest BCUT2D eigenvalue weighted by molar-refractivity contribution is 7.19. The lowest BCUT2D eigenvalue weighted by atomic mass is 9.96. The lowest BCUT2D eigenvalue weighted by Gasteiger charge is -2.27. The first-order valence-electron chi connectivity index (χ1n) is 10.2. The van der Waals surface area contributed by atoms with Crippen molar-refractivity contribution in [3.05, 3.63) is 82.4 Å². The van der Waals surface area contributed by atoms with Gasteiger partial charge in [-0.1, -0.05) is 42.5 Å². The van der Waals surface area contributed by atoms with Crippen molar-refractivity contribution in [2.45, 2.75) is 25.4 Å². The Morgan fingerprint density at radius 1 is 1.10 bits per heavy atom. The summed E-state index contributed by atoms with van der Waals surface area (Å²) in [7, 11) is 1.70. The van der Waals surface area contributed by atoms with Gasteiger partial charge in [0.15, 0.2) is 0 Å². The highest BCUT2D eigenvalue weighted by Crippen LogP contribution is 2.41. The third kappa shape index (κ3) is 3.71. The van der Waals surface area contributed by atoms with Crippen LogP contribution >= 0.6 is 22.9 Å². The molecule has 0 aliphatic carbocycles. The van der Waals surface area contributed by atoms with Gasteiger partial charge in [-0.2, -0.15) is 0 Å². The van der Waals surface area contributed by atoms with Crippen LogP contribution in [0.4, 0.5) is 0 Å². The van der Waals surface area contributed by atoms with Crippen molar-refractivity contribution in [2.24, 2.45) is 0 Å². The highest BCUT2D eigenvalue weighted by atomic mass is 35.5. The van der Waals surface area contributed by atoms with Crippen LogP contribution in [0.1, 0.15) is 21.7 Å². The molecular formula is C25H23ClN2OS. The van der Waals surface area contributed by atoms with Crippen LogP contribution in [0.15, 0.2) is 60.7 Å². The number of methoxy groups -OCH3 is 1. The minimum absolute atomic E-state index is 0.418. The van der Waals surface area contributed by atoms with Crippen LogP contribution in [0.5, 0.6) is 5.75 Å². The molecule has 3 nitrogen and oxygen atoms in total. The van der Waals surface area contributed by atoms with Crippen molar-refractivity contribution in [2.75, 3.05) is 13.7 Å². The first kappa shape index (κ1) is 19.6. The van der Waals surface area contributed by atoms with E-state index in [1.165, 1.54) is 32.5 Å². The molecule has 0 atom stereocenters. The van der Waals surface area contributed by atoms with Crippen molar-refractivity contribution in [1.29, 1.82) is 0 Å². The minimum atomic E-state index is 0.418. The van der Waals surface area contributed by atoms with E-state index in [1.807, 2.05) is 23.5 Å². The molecule has 0 N–H and O–H groups in total. The number of rotatable bonds is 5. The third-order valence-corrected chi connectivity index (χ3v) is 7.11. The molecule has 5 rings (SSSR count). The fourth-order valence-corrected chi connectivity index (χ4v) is 5.69. The molecule has 0 unspecified atom stereocenters. The molecule has 0 fully saturated rings. The molecule has 1 aliphatic heterocycles. The Balaban J connectivity index is 1.54. The van der Waals surface area contributed by atoms with Gasteiger partial charge in [-0.15, -0.1) is 22.9 Å². The number of halogens is 1. The topological polar surface area (TPSA) is 25.4 Å². The van der Waals surface area contributed by atoms with E-state index in [4.69, 9.17) is 21.3 Å². The number of benzene rings is 2. The lowest BCUT2D eigenvalue weighted by molar-refractivity contribution is 0.249.